The largest absolute Gasteiger partial charge is 0.478 e. The molecule has 2 aromatic rings. The van der Waals surface area contributed by atoms with E-state index in [0.717, 1.165) is 42.9 Å². The fourth-order valence-corrected chi connectivity index (χ4v) is 3.51. The maximum absolute atomic E-state index is 12.4. The van der Waals surface area contributed by atoms with E-state index in [2.05, 4.69) is 15.3 Å². The smallest absolute Gasteiger partial charge is 0.335 e. The number of aromatic nitrogens is 2. The summed E-state index contributed by atoms with van der Waals surface area (Å²) in [5, 5.41) is 16.3. The Morgan fingerprint density at radius 2 is 2.19 bits per heavy atom. The summed E-state index contributed by atoms with van der Waals surface area (Å²) in [6.07, 6.45) is 3.79. The zero-order valence-electron chi connectivity index (χ0n) is 15.1. The summed E-state index contributed by atoms with van der Waals surface area (Å²) in [7, 11) is 1.82. The van der Waals surface area contributed by atoms with Crippen molar-refractivity contribution >= 4 is 17.6 Å². The number of hydrogen-bond donors (Lipinski definition) is 2. The van der Waals surface area contributed by atoms with Crippen LogP contribution in [-0.4, -0.2) is 51.3 Å². The van der Waals surface area contributed by atoms with Crippen LogP contribution in [0.5, 0.6) is 0 Å². The first-order valence-electron chi connectivity index (χ1n) is 8.78. The summed E-state index contributed by atoms with van der Waals surface area (Å²) in [6.45, 7) is 3.81. The van der Waals surface area contributed by atoms with Crippen molar-refractivity contribution in [2.75, 3.05) is 25.0 Å². The molecule has 2 N–H and O–H groups in total. The second-order valence-electron chi connectivity index (χ2n) is 6.85. The van der Waals surface area contributed by atoms with Crippen LogP contribution in [0.2, 0.25) is 0 Å². The lowest BCUT2D eigenvalue weighted by Crippen LogP contribution is -2.39. The van der Waals surface area contributed by atoms with E-state index in [1.807, 2.05) is 20.0 Å². The number of likely N-dealkylation sites (tertiary alicyclic amines) is 1. The van der Waals surface area contributed by atoms with E-state index < -0.39 is 5.97 Å². The molecule has 1 atom stereocenters. The monoisotopic (exact) mass is 356 g/mol. The maximum Gasteiger partial charge on any atom is 0.335 e. The van der Waals surface area contributed by atoms with E-state index in [1.54, 1.807) is 29.1 Å². The molecule has 1 aliphatic rings. The Morgan fingerprint density at radius 1 is 1.38 bits per heavy atom. The molecule has 0 bridgehead atoms. The second kappa shape index (κ2) is 7.70. The lowest BCUT2D eigenvalue weighted by atomic mass is 9.89. The minimum absolute atomic E-state index is 0.0546. The third-order valence-electron chi connectivity index (χ3n) is 4.77. The van der Waals surface area contributed by atoms with Gasteiger partial charge in [-0.1, -0.05) is 12.1 Å². The van der Waals surface area contributed by atoms with Crippen molar-refractivity contribution < 1.29 is 14.7 Å². The minimum atomic E-state index is -0.911. The van der Waals surface area contributed by atoms with Gasteiger partial charge in [0.1, 0.15) is 0 Å². The topological polar surface area (TPSA) is 87.5 Å². The normalized spacial score (nSPS) is 17.8. The van der Waals surface area contributed by atoms with Gasteiger partial charge in [0, 0.05) is 19.8 Å². The first-order valence-corrected chi connectivity index (χ1v) is 8.78. The van der Waals surface area contributed by atoms with Crippen LogP contribution in [0.15, 0.2) is 30.5 Å². The van der Waals surface area contributed by atoms with Gasteiger partial charge in [-0.15, -0.1) is 0 Å². The molecule has 1 fully saturated rings. The van der Waals surface area contributed by atoms with Crippen molar-refractivity contribution in [1.29, 1.82) is 0 Å². The van der Waals surface area contributed by atoms with Gasteiger partial charge in [0.05, 0.1) is 23.5 Å². The Hall–Kier alpha value is -2.67. The van der Waals surface area contributed by atoms with Crippen LogP contribution in [-0.2, 0) is 11.8 Å². The van der Waals surface area contributed by atoms with Crippen molar-refractivity contribution in [2.24, 2.45) is 7.05 Å². The average molecular weight is 356 g/mol. The number of anilines is 1. The van der Waals surface area contributed by atoms with E-state index in [-0.39, 0.29) is 11.8 Å². The van der Waals surface area contributed by atoms with Gasteiger partial charge in [0.25, 0.3) is 0 Å². The Balaban J connectivity index is 1.61. The number of nitrogens with one attached hydrogen (secondary N) is 1. The summed E-state index contributed by atoms with van der Waals surface area (Å²) in [5.74, 6) is -0.720. The molecule has 138 valence electrons. The average Bonchev–Trinajstić information content (AvgIpc) is 2.92. The molecule has 1 amide bonds. The Bertz CT molecular complexity index is 815. The van der Waals surface area contributed by atoms with Gasteiger partial charge < -0.3 is 10.4 Å². The SMILES string of the molecule is Cc1nn(C)cc1NC(=O)CN1CCC[C@@H](c2cccc(C(=O)O)c2)C1. The minimum Gasteiger partial charge on any atom is -0.478 e. The van der Waals surface area contributed by atoms with Crippen LogP contribution in [0.4, 0.5) is 5.69 Å². The summed E-state index contributed by atoms with van der Waals surface area (Å²) < 4.78 is 1.68. The number of carboxylic acid groups (broad SMARTS) is 1. The third-order valence-corrected chi connectivity index (χ3v) is 4.77. The molecular weight excluding hydrogens is 332 g/mol. The molecule has 0 saturated carbocycles. The first kappa shape index (κ1) is 18.1. The number of rotatable bonds is 5. The molecule has 1 aromatic carbocycles. The van der Waals surface area contributed by atoms with E-state index in [9.17, 15) is 14.7 Å². The number of nitrogens with zero attached hydrogens (tertiary/aromatic N) is 3. The molecular formula is C19H24N4O3. The maximum atomic E-state index is 12.4. The predicted octanol–water partition coefficient (Wildman–Crippen LogP) is 2.24. The summed E-state index contributed by atoms with van der Waals surface area (Å²) in [5.41, 5.74) is 2.87. The van der Waals surface area contributed by atoms with Crippen LogP contribution in [0.25, 0.3) is 0 Å². The van der Waals surface area contributed by atoms with E-state index >= 15 is 0 Å². The standard InChI is InChI=1S/C19H24N4O3/c1-13-17(11-22(2)21-13)20-18(24)12-23-8-4-7-16(10-23)14-5-3-6-15(9-14)19(25)26/h3,5-6,9,11,16H,4,7-8,10,12H2,1-2H3,(H,20,24)(H,25,26)/t16-/m1/s1. The number of piperidine rings is 1. The number of carboxylic acids is 1. The van der Waals surface area contributed by atoms with Gasteiger partial charge in [-0.25, -0.2) is 4.79 Å². The van der Waals surface area contributed by atoms with Crippen LogP contribution >= 0.6 is 0 Å². The highest BCUT2D eigenvalue weighted by Crippen LogP contribution is 2.27. The lowest BCUT2D eigenvalue weighted by Gasteiger charge is -2.32. The van der Waals surface area contributed by atoms with E-state index in [0.29, 0.717) is 12.1 Å². The Kier molecular flexibility index (Phi) is 5.37. The first-order chi connectivity index (χ1) is 12.4. The number of aromatic carboxylic acids is 1. The molecule has 2 heterocycles. The van der Waals surface area contributed by atoms with Crippen LogP contribution in [0.3, 0.4) is 0 Å². The molecule has 1 saturated heterocycles. The van der Waals surface area contributed by atoms with Crippen molar-refractivity contribution in [1.82, 2.24) is 14.7 Å². The molecule has 26 heavy (non-hydrogen) atoms. The van der Waals surface area contributed by atoms with E-state index in [4.69, 9.17) is 0 Å². The summed E-state index contributed by atoms with van der Waals surface area (Å²) in [6, 6.07) is 7.11. The Morgan fingerprint density at radius 3 is 2.88 bits per heavy atom. The molecule has 0 unspecified atom stereocenters. The number of hydrogen-bond acceptors (Lipinski definition) is 4. The van der Waals surface area contributed by atoms with E-state index in [1.165, 1.54) is 0 Å². The highest BCUT2D eigenvalue weighted by molar-refractivity contribution is 5.92. The number of aryl methyl sites for hydroxylation is 2. The van der Waals surface area contributed by atoms with Gasteiger partial charge in [-0.3, -0.25) is 14.4 Å². The highest BCUT2D eigenvalue weighted by Gasteiger charge is 2.23. The third kappa shape index (κ3) is 4.29. The molecule has 0 aliphatic carbocycles. The van der Waals surface area contributed by atoms with Gasteiger partial charge in [0.2, 0.25) is 5.91 Å². The zero-order valence-corrected chi connectivity index (χ0v) is 15.1. The summed E-state index contributed by atoms with van der Waals surface area (Å²) in [4.78, 5) is 25.7. The molecule has 7 nitrogen and oxygen atoms in total. The highest BCUT2D eigenvalue weighted by atomic mass is 16.4. The van der Waals surface area contributed by atoms with Gasteiger partial charge in [-0.2, -0.15) is 5.10 Å². The molecule has 1 aliphatic heterocycles. The van der Waals surface area contributed by atoms with Crippen LogP contribution in [0.1, 0.15) is 40.4 Å². The van der Waals surface area contributed by atoms with Crippen molar-refractivity contribution in [3.63, 3.8) is 0 Å². The van der Waals surface area contributed by atoms with Gasteiger partial charge >= 0.3 is 5.97 Å². The number of carbonyl (C=O) groups excluding carboxylic acids is 1. The Labute approximate surface area is 152 Å². The van der Waals surface area contributed by atoms with Crippen LogP contribution < -0.4 is 5.32 Å². The molecule has 0 spiro atoms. The van der Waals surface area contributed by atoms with Crippen molar-refractivity contribution in [3.05, 3.63) is 47.3 Å². The fraction of sp³-hybridized carbons (Fsp3) is 0.421. The van der Waals surface area contributed by atoms with Crippen molar-refractivity contribution in [2.45, 2.75) is 25.7 Å². The quantitative estimate of drug-likeness (QED) is 0.858. The lowest BCUT2D eigenvalue weighted by molar-refractivity contribution is -0.117. The second-order valence-corrected chi connectivity index (χ2v) is 6.85. The molecule has 3 rings (SSSR count). The fourth-order valence-electron chi connectivity index (χ4n) is 3.51. The zero-order chi connectivity index (χ0) is 18.7. The summed E-state index contributed by atoms with van der Waals surface area (Å²) >= 11 is 0. The number of benzene rings is 1. The molecule has 1 aromatic heterocycles. The van der Waals surface area contributed by atoms with Gasteiger partial charge in [-0.05, 0) is 49.9 Å². The molecule has 0 radical (unpaired) electrons. The number of carbonyl (C=O) groups is 2. The van der Waals surface area contributed by atoms with Crippen LogP contribution in [0, 0.1) is 6.92 Å². The van der Waals surface area contributed by atoms with Gasteiger partial charge in [0.15, 0.2) is 0 Å². The number of amides is 1. The molecule has 7 heteroatoms. The predicted molar refractivity (Wildman–Crippen MR) is 98.4 cm³/mol. The van der Waals surface area contributed by atoms with Crippen molar-refractivity contribution in [3.8, 4) is 0 Å².